The van der Waals surface area contributed by atoms with Crippen LogP contribution in [0.1, 0.15) is 23.5 Å². The van der Waals surface area contributed by atoms with Gasteiger partial charge < -0.3 is 4.90 Å². The van der Waals surface area contributed by atoms with Crippen molar-refractivity contribution in [3.8, 4) is 0 Å². The summed E-state index contributed by atoms with van der Waals surface area (Å²) in [6, 6.07) is 8.05. The minimum absolute atomic E-state index is 0.102. The molecule has 0 N–H and O–H groups in total. The molecule has 1 aromatic carbocycles. The van der Waals surface area contributed by atoms with Crippen molar-refractivity contribution in [2.45, 2.75) is 19.3 Å². The third kappa shape index (κ3) is 2.33. The molecule has 2 unspecified atom stereocenters. The molecule has 20 heavy (non-hydrogen) atoms. The summed E-state index contributed by atoms with van der Waals surface area (Å²) in [5, 5.41) is 4.18. The highest BCUT2D eigenvalue weighted by Gasteiger charge is 2.45. The second-order valence-corrected chi connectivity index (χ2v) is 5.63. The smallest absolute Gasteiger partial charge is 0.230 e. The third-order valence-electron chi connectivity index (χ3n) is 4.01. The number of carbonyl (C=O) groups excluding carboxylic acids is 1. The van der Waals surface area contributed by atoms with Gasteiger partial charge in [-0.05, 0) is 37.0 Å². The fourth-order valence-electron chi connectivity index (χ4n) is 2.61. The van der Waals surface area contributed by atoms with E-state index in [9.17, 15) is 4.79 Å². The first-order valence-corrected chi connectivity index (χ1v) is 6.89. The summed E-state index contributed by atoms with van der Waals surface area (Å²) in [5.41, 5.74) is 3.33. The molecule has 1 saturated carbocycles. The Morgan fingerprint density at radius 3 is 2.65 bits per heavy atom. The van der Waals surface area contributed by atoms with Crippen molar-refractivity contribution in [2.75, 3.05) is 11.9 Å². The molecular formula is C16H19N3O. The number of amides is 1. The van der Waals surface area contributed by atoms with E-state index in [4.69, 9.17) is 0 Å². The number of hydrogen-bond acceptors (Lipinski definition) is 2. The normalized spacial score (nSPS) is 20.8. The van der Waals surface area contributed by atoms with Gasteiger partial charge >= 0.3 is 0 Å². The van der Waals surface area contributed by atoms with Crippen LogP contribution in [0.4, 0.5) is 5.69 Å². The zero-order chi connectivity index (χ0) is 14.3. The standard InChI is InChI=1S/C16H19N3O/c1-11-4-6-13(7-5-11)19(3)16(20)15-8-14(15)12-9-17-18(2)10-12/h4-7,9-10,14-15H,8H2,1-3H3. The molecule has 2 atom stereocenters. The van der Waals surface area contributed by atoms with E-state index in [0.717, 1.165) is 12.1 Å². The Balaban J connectivity index is 1.70. The zero-order valence-corrected chi connectivity index (χ0v) is 12.1. The number of nitrogens with zero attached hydrogens (tertiary/aromatic N) is 3. The zero-order valence-electron chi connectivity index (χ0n) is 12.1. The molecule has 1 amide bonds. The lowest BCUT2D eigenvalue weighted by Crippen LogP contribution is -2.28. The van der Waals surface area contributed by atoms with Gasteiger partial charge in [0.15, 0.2) is 0 Å². The molecular weight excluding hydrogens is 250 g/mol. The predicted molar refractivity (Wildman–Crippen MR) is 78.6 cm³/mol. The lowest BCUT2D eigenvalue weighted by atomic mass is 10.1. The Kier molecular flexibility index (Phi) is 3.08. The summed E-state index contributed by atoms with van der Waals surface area (Å²) in [7, 11) is 3.76. The molecule has 4 nitrogen and oxygen atoms in total. The van der Waals surface area contributed by atoms with Crippen LogP contribution in [0.25, 0.3) is 0 Å². The molecule has 1 aliphatic carbocycles. The monoisotopic (exact) mass is 269 g/mol. The molecule has 0 radical (unpaired) electrons. The second-order valence-electron chi connectivity index (χ2n) is 5.63. The fourth-order valence-corrected chi connectivity index (χ4v) is 2.61. The SMILES string of the molecule is Cc1ccc(N(C)C(=O)C2CC2c2cnn(C)c2)cc1. The molecule has 3 rings (SSSR count). The van der Waals surface area contributed by atoms with Crippen molar-refractivity contribution in [3.63, 3.8) is 0 Å². The minimum atomic E-state index is 0.102. The first-order chi connectivity index (χ1) is 9.56. The van der Waals surface area contributed by atoms with Gasteiger partial charge in [0, 0.05) is 31.9 Å². The predicted octanol–water partition coefficient (Wildman–Crippen LogP) is 2.50. The molecule has 1 aromatic heterocycles. The number of rotatable bonds is 3. The molecule has 104 valence electrons. The largest absolute Gasteiger partial charge is 0.315 e. The lowest BCUT2D eigenvalue weighted by Gasteiger charge is -2.17. The second kappa shape index (κ2) is 4.78. The number of carbonyl (C=O) groups is 1. The number of aryl methyl sites for hydroxylation is 2. The van der Waals surface area contributed by atoms with Crippen LogP contribution < -0.4 is 4.90 Å². The summed E-state index contributed by atoms with van der Waals surface area (Å²) in [4.78, 5) is 14.2. The maximum absolute atomic E-state index is 12.5. The van der Waals surface area contributed by atoms with E-state index in [0.29, 0.717) is 5.92 Å². The van der Waals surface area contributed by atoms with Crippen LogP contribution in [0.5, 0.6) is 0 Å². The lowest BCUT2D eigenvalue weighted by molar-refractivity contribution is -0.119. The number of aromatic nitrogens is 2. The van der Waals surface area contributed by atoms with Crippen LogP contribution in [0, 0.1) is 12.8 Å². The average Bonchev–Trinajstić information content (AvgIpc) is 3.13. The summed E-state index contributed by atoms with van der Waals surface area (Å²) in [6.07, 6.45) is 4.80. The fraction of sp³-hybridized carbons (Fsp3) is 0.375. The van der Waals surface area contributed by atoms with Crippen LogP contribution in [0.15, 0.2) is 36.7 Å². The highest BCUT2D eigenvalue weighted by Crippen LogP contribution is 2.48. The topological polar surface area (TPSA) is 38.1 Å². The Hall–Kier alpha value is -2.10. The van der Waals surface area contributed by atoms with Crippen LogP contribution in [0.3, 0.4) is 0 Å². The van der Waals surface area contributed by atoms with Crippen molar-refractivity contribution in [1.29, 1.82) is 0 Å². The molecule has 0 spiro atoms. The van der Waals surface area contributed by atoms with E-state index in [1.54, 1.807) is 9.58 Å². The molecule has 1 heterocycles. The number of anilines is 1. The molecule has 0 saturated heterocycles. The van der Waals surface area contributed by atoms with Crippen LogP contribution in [-0.4, -0.2) is 22.7 Å². The van der Waals surface area contributed by atoms with Gasteiger partial charge in [0.25, 0.3) is 0 Å². The van der Waals surface area contributed by atoms with Gasteiger partial charge in [-0.25, -0.2) is 0 Å². The average molecular weight is 269 g/mol. The van der Waals surface area contributed by atoms with Gasteiger partial charge in [-0.15, -0.1) is 0 Å². The maximum Gasteiger partial charge on any atom is 0.230 e. The highest BCUT2D eigenvalue weighted by atomic mass is 16.2. The number of hydrogen-bond donors (Lipinski definition) is 0. The molecule has 0 bridgehead atoms. The van der Waals surface area contributed by atoms with Gasteiger partial charge in [0.05, 0.1) is 6.20 Å². The van der Waals surface area contributed by atoms with Crippen molar-refractivity contribution in [1.82, 2.24) is 9.78 Å². The molecule has 1 fully saturated rings. The molecule has 2 aromatic rings. The summed E-state index contributed by atoms with van der Waals surface area (Å²) >= 11 is 0. The van der Waals surface area contributed by atoms with Crippen LogP contribution >= 0.6 is 0 Å². The first kappa shape index (κ1) is 12.9. The van der Waals surface area contributed by atoms with Gasteiger partial charge in [0.2, 0.25) is 5.91 Å². The van der Waals surface area contributed by atoms with E-state index in [1.165, 1.54) is 11.1 Å². The van der Waals surface area contributed by atoms with Gasteiger partial charge in [0.1, 0.15) is 0 Å². The van der Waals surface area contributed by atoms with E-state index in [-0.39, 0.29) is 11.8 Å². The van der Waals surface area contributed by atoms with Crippen LogP contribution in [-0.2, 0) is 11.8 Å². The molecule has 4 heteroatoms. The van der Waals surface area contributed by atoms with E-state index >= 15 is 0 Å². The summed E-state index contributed by atoms with van der Waals surface area (Å²) in [6.45, 7) is 2.05. The summed E-state index contributed by atoms with van der Waals surface area (Å²) < 4.78 is 1.79. The van der Waals surface area contributed by atoms with E-state index in [1.807, 2.05) is 57.7 Å². The number of benzene rings is 1. The third-order valence-corrected chi connectivity index (χ3v) is 4.01. The van der Waals surface area contributed by atoms with Gasteiger partial charge in [-0.3, -0.25) is 9.48 Å². The molecule has 0 aliphatic heterocycles. The Morgan fingerprint density at radius 1 is 1.35 bits per heavy atom. The summed E-state index contributed by atoms with van der Waals surface area (Å²) in [5.74, 6) is 0.636. The first-order valence-electron chi connectivity index (χ1n) is 6.89. The Morgan fingerprint density at radius 2 is 2.05 bits per heavy atom. The Labute approximate surface area is 119 Å². The van der Waals surface area contributed by atoms with Gasteiger partial charge in [-0.2, -0.15) is 5.10 Å². The maximum atomic E-state index is 12.5. The van der Waals surface area contributed by atoms with E-state index in [2.05, 4.69) is 5.10 Å². The van der Waals surface area contributed by atoms with Crippen molar-refractivity contribution < 1.29 is 4.79 Å². The Bertz CT molecular complexity index is 629. The van der Waals surface area contributed by atoms with Crippen molar-refractivity contribution in [2.24, 2.45) is 13.0 Å². The van der Waals surface area contributed by atoms with Gasteiger partial charge in [-0.1, -0.05) is 17.7 Å². The van der Waals surface area contributed by atoms with E-state index < -0.39 is 0 Å². The van der Waals surface area contributed by atoms with Crippen molar-refractivity contribution in [3.05, 3.63) is 47.8 Å². The highest BCUT2D eigenvalue weighted by molar-refractivity contribution is 5.97. The quantitative estimate of drug-likeness (QED) is 0.858. The van der Waals surface area contributed by atoms with Crippen LogP contribution in [0.2, 0.25) is 0 Å². The minimum Gasteiger partial charge on any atom is -0.315 e. The van der Waals surface area contributed by atoms with Crippen molar-refractivity contribution >= 4 is 11.6 Å². The molecule has 1 aliphatic rings.